The second-order valence-corrected chi connectivity index (χ2v) is 12.2. The number of hydrogen-bond donors (Lipinski definition) is 2. The zero-order chi connectivity index (χ0) is 24.4. The first-order valence-corrected chi connectivity index (χ1v) is 14.3. The maximum absolute atomic E-state index is 13.3. The van der Waals surface area contributed by atoms with E-state index in [1.165, 1.54) is 12.8 Å². The predicted molar refractivity (Wildman–Crippen MR) is 145 cm³/mol. The van der Waals surface area contributed by atoms with Crippen LogP contribution in [0.3, 0.4) is 0 Å². The lowest BCUT2D eigenvalue weighted by atomic mass is 10.00. The van der Waals surface area contributed by atoms with Crippen LogP contribution in [-0.2, 0) is 4.79 Å². The molecule has 8 heteroatoms. The number of hydrogen-bond acceptors (Lipinski definition) is 5. The lowest BCUT2D eigenvalue weighted by Crippen LogP contribution is -2.48. The van der Waals surface area contributed by atoms with Crippen molar-refractivity contribution < 1.29 is 9.90 Å². The van der Waals surface area contributed by atoms with Crippen molar-refractivity contribution in [2.24, 2.45) is 5.92 Å². The van der Waals surface area contributed by atoms with Gasteiger partial charge in [0.05, 0.1) is 17.0 Å². The van der Waals surface area contributed by atoms with Crippen molar-refractivity contribution >= 4 is 46.6 Å². The third kappa shape index (κ3) is 6.47. The maximum Gasteiger partial charge on any atom is 0.225 e. The van der Waals surface area contributed by atoms with Gasteiger partial charge >= 0.3 is 0 Å². The standard InChI is InChI=1S/C27H33Cl2N3O2S/c28-20-4-6-21(7-5-20)32-14-11-19(16-32)27(34)30-24(17-31-12-1-2-13-31)26(33)18-3-10-25(23(29)15-18)35-22-8-9-22/h3-7,10,15,19,22,24,26,33H,1-2,8-9,11-14,16-17H2,(H,30,34). The number of carbonyl (C=O) groups excluding carboxylic acids is 1. The second kappa shape index (κ2) is 11.3. The monoisotopic (exact) mass is 533 g/mol. The third-order valence-corrected chi connectivity index (χ3v) is 9.32. The fraction of sp³-hybridized carbons (Fsp3) is 0.519. The van der Waals surface area contributed by atoms with Gasteiger partial charge in [0.25, 0.3) is 0 Å². The van der Waals surface area contributed by atoms with E-state index in [9.17, 15) is 9.90 Å². The summed E-state index contributed by atoms with van der Waals surface area (Å²) in [6, 6.07) is 13.2. The summed E-state index contributed by atoms with van der Waals surface area (Å²) in [4.78, 5) is 19.0. The number of nitrogens with zero attached hydrogens (tertiary/aromatic N) is 2. The molecule has 0 bridgehead atoms. The molecule has 2 aliphatic heterocycles. The van der Waals surface area contributed by atoms with E-state index < -0.39 is 6.10 Å². The molecule has 1 amide bonds. The number of thioether (sulfide) groups is 1. The minimum atomic E-state index is -0.814. The molecule has 3 fully saturated rings. The number of benzene rings is 2. The summed E-state index contributed by atoms with van der Waals surface area (Å²) in [5.41, 5.74) is 1.84. The summed E-state index contributed by atoms with van der Waals surface area (Å²) in [6.07, 6.45) is 4.78. The first kappa shape index (κ1) is 25.2. The molecular weight excluding hydrogens is 501 g/mol. The van der Waals surface area contributed by atoms with E-state index in [-0.39, 0.29) is 17.9 Å². The Labute approximate surface area is 222 Å². The van der Waals surface area contributed by atoms with E-state index in [1.54, 1.807) is 0 Å². The molecule has 188 valence electrons. The van der Waals surface area contributed by atoms with Crippen molar-refractivity contribution in [3.8, 4) is 0 Å². The number of likely N-dealkylation sites (tertiary alicyclic amines) is 1. The van der Waals surface area contributed by atoms with E-state index in [0.29, 0.717) is 28.4 Å². The van der Waals surface area contributed by atoms with Crippen molar-refractivity contribution in [2.75, 3.05) is 37.6 Å². The van der Waals surface area contributed by atoms with Gasteiger partial charge in [-0.25, -0.2) is 0 Å². The van der Waals surface area contributed by atoms with Gasteiger partial charge in [0, 0.05) is 40.5 Å². The Hall–Kier alpha value is -1.44. The molecule has 1 saturated carbocycles. The number of carbonyl (C=O) groups is 1. The zero-order valence-electron chi connectivity index (χ0n) is 19.8. The SMILES string of the molecule is O=C(NC(CN1CCCC1)C(O)c1ccc(SC2CC2)c(Cl)c1)C1CCN(c2ccc(Cl)cc2)C1. The Kier molecular flexibility index (Phi) is 8.15. The number of nitrogens with one attached hydrogen (secondary N) is 1. The van der Waals surface area contributed by atoms with Crippen molar-refractivity contribution in [2.45, 2.75) is 54.4 Å². The average molecular weight is 535 g/mol. The Morgan fingerprint density at radius 2 is 1.80 bits per heavy atom. The molecule has 0 aromatic heterocycles. The van der Waals surface area contributed by atoms with E-state index >= 15 is 0 Å². The minimum Gasteiger partial charge on any atom is -0.386 e. The van der Waals surface area contributed by atoms with Crippen LogP contribution in [0.4, 0.5) is 5.69 Å². The molecule has 5 nitrogen and oxygen atoms in total. The molecule has 0 spiro atoms. The summed E-state index contributed by atoms with van der Waals surface area (Å²) < 4.78 is 0. The second-order valence-electron chi connectivity index (χ2n) is 9.98. The molecule has 35 heavy (non-hydrogen) atoms. The Balaban J connectivity index is 1.26. The van der Waals surface area contributed by atoms with Crippen LogP contribution in [-0.4, -0.2) is 59.9 Å². The number of halogens is 2. The molecule has 2 N–H and O–H groups in total. The first-order chi connectivity index (χ1) is 17.0. The highest BCUT2D eigenvalue weighted by Crippen LogP contribution is 2.42. The highest BCUT2D eigenvalue weighted by Gasteiger charge is 2.33. The van der Waals surface area contributed by atoms with E-state index in [0.717, 1.165) is 55.0 Å². The van der Waals surface area contributed by atoms with Crippen molar-refractivity contribution in [1.29, 1.82) is 0 Å². The van der Waals surface area contributed by atoms with Crippen LogP contribution in [0.15, 0.2) is 47.4 Å². The summed E-state index contributed by atoms with van der Waals surface area (Å²) in [7, 11) is 0. The Bertz CT molecular complexity index is 1030. The molecule has 0 radical (unpaired) electrons. The normalized spacial score (nSPS) is 22.4. The predicted octanol–water partition coefficient (Wildman–Crippen LogP) is 5.39. The number of anilines is 1. The Morgan fingerprint density at radius 3 is 2.49 bits per heavy atom. The van der Waals surface area contributed by atoms with Gasteiger partial charge in [0.2, 0.25) is 5.91 Å². The van der Waals surface area contributed by atoms with Gasteiger partial charge in [-0.1, -0.05) is 29.3 Å². The summed E-state index contributed by atoms with van der Waals surface area (Å²) >= 11 is 14.4. The molecule has 2 heterocycles. The largest absolute Gasteiger partial charge is 0.386 e. The van der Waals surface area contributed by atoms with E-state index in [2.05, 4.69) is 15.1 Å². The van der Waals surface area contributed by atoms with E-state index in [4.69, 9.17) is 23.2 Å². The van der Waals surface area contributed by atoms with Crippen molar-refractivity contribution in [3.63, 3.8) is 0 Å². The van der Waals surface area contributed by atoms with Crippen molar-refractivity contribution in [3.05, 3.63) is 58.1 Å². The summed E-state index contributed by atoms with van der Waals surface area (Å²) in [5.74, 6) is -0.100. The highest BCUT2D eigenvalue weighted by atomic mass is 35.5. The first-order valence-electron chi connectivity index (χ1n) is 12.6. The maximum atomic E-state index is 13.3. The Morgan fingerprint density at radius 1 is 1.06 bits per heavy atom. The number of rotatable bonds is 9. The lowest BCUT2D eigenvalue weighted by molar-refractivity contribution is -0.126. The number of aliphatic hydroxyl groups excluding tert-OH is 1. The van der Waals surface area contributed by atoms with Crippen LogP contribution < -0.4 is 10.2 Å². The smallest absolute Gasteiger partial charge is 0.225 e. The van der Waals surface area contributed by atoms with Crippen LogP contribution in [0, 0.1) is 5.92 Å². The lowest BCUT2D eigenvalue weighted by Gasteiger charge is -2.30. The van der Waals surface area contributed by atoms with E-state index in [1.807, 2.05) is 54.2 Å². The van der Waals surface area contributed by atoms with Crippen molar-refractivity contribution in [1.82, 2.24) is 10.2 Å². The highest BCUT2D eigenvalue weighted by molar-refractivity contribution is 8.00. The zero-order valence-corrected chi connectivity index (χ0v) is 22.2. The molecule has 1 aliphatic carbocycles. The molecule has 3 aliphatic rings. The fourth-order valence-electron chi connectivity index (χ4n) is 5.02. The molecular formula is C27H33Cl2N3O2S. The van der Waals surface area contributed by atoms with Crippen LogP contribution in [0.25, 0.3) is 0 Å². The van der Waals surface area contributed by atoms with Gasteiger partial charge in [-0.05, 0) is 87.2 Å². The number of aliphatic hydroxyl groups is 1. The van der Waals surface area contributed by atoms with Crippen LogP contribution in [0.1, 0.15) is 43.8 Å². The molecule has 5 rings (SSSR count). The summed E-state index contributed by atoms with van der Waals surface area (Å²) in [5, 5.41) is 16.6. The molecule has 3 unspecified atom stereocenters. The molecule has 3 atom stereocenters. The molecule has 2 saturated heterocycles. The van der Waals surface area contributed by atoms with Gasteiger partial charge in [-0.2, -0.15) is 0 Å². The third-order valence-electron chi connectivity index (χ3n) is 7.23. The minimum absolute atomic E-state index is 0.0108. The van der Waals surface area contributed by atoms with Gasteiger partial charge in [0.15, 0.2) is 0 Å². The topological polar surface area (TPSA) is 55.8 Å². The van der Waals surface area contributed by atoms with Gasteiger partial charge in [0.1, 0.15) is 6.10 Å². The van der Waals surface area contributed by atoms with Gasteiger partial charge in [-0.3, -0.25) is 4.79 Å². The fourth-order valence-corrected chi connectivity index (χ4v) is 6.52. The van der Waals surface area contributed by atoms with Crippen LogP contribution >= 0.6 is 35.0 Å². The van der Waals surface area contributed by atoms with Gasteiger partial charge < -0.3 is 20.2 Å². The average Bonchev–Trinajstić information content (AvgIpc) is 3.30. The van der Waals surface area contributed by atoms with Crippen LogP contribution in [0.5, 0.6) is 0 Å². The quantitative estimate of drug-likeness (QED) is 0.452. The van der Waals surface area contributed by atoms with Gasteiger partial charge in [-0.15, -0.1) is 11.8 Å². The number of amides is 1. The molecule has 2 aromatic rings. The summed E-state index contributed by atoms with van der Waals surface area (Å²) in [6.45, 7) is 4.14. The molecule has 2 aromatic carbocycles. The van der Waals surface area contributed by atoms with Crippen LogP contribution in [0.2, 0.25) is 10.0 Å².